The van der Waals surface area contributed by atoms with Gasteiger partial charge in [0.15, 0.2) is 0 Å². The molecule has 0 fully saturated rings. The summed E-state index contributed by atoms with van der Waals surface area (Å²) in [6.07, 6.45) is 0.844. The van der Waals surface area contributed by atoms with Crippen molar-refractivity contribution >= 4 is 27.3 Å². The maximum atomic E-state index is 12.9. The molecule has 3 rings (SSSR count). The van der Waals surface area contributed by atoms with Gasteiger partial charge in [-0.3, -0.25) is 9.52 Å². The third-order valence-corrected chi connectivity index (χ3v) is 5.52. The van der Waals surface area contributed by atoms with Crippen LogP contribution in [0.4, 0.5) is 11.4 Å². The number of fused-ring (bicyclic) bond motifs is 1. The molecule has 1 N–H and O–H groups in total. The standard InChI is InChI=1S/C18H20N2O3S/c1-3-24(22,23)19-16-10-8-14(9-11-16)18(21)20-13(2)12-15-6-4-5-7-17(15)20/h4-11,13,19H,3,12H2,1-2H3. The number of nitrogens with zero attached hydrogens (tertiary/aromatic N) is 1. The second-order valence-corrected chi connectivity index (χ2v) is 7.95. The number of nitrogens with one attached hydrogen (secondary N) is 1. The minimum Gasteiger partial charge on any atom is -0.305 e. The van der Waals surface area contributed by atoms with Crippen LogP contribution >= 0.6 is 0 Å². The van der Waals surface area contributed by atoms with Crippen LogP contribution in [-0.4, -0.2) is 26.1 Å². The van der Waals surface area contributed by atoms with Crippen LogP contribution in [0.2, 0.25) is 0 Å². The Morgan fingerprint density at radius 3 is 2.50 bits per heavy atom. The third-order valence-electron chi connectivity index (χ3n) is 4.21. The maximum absolute atomic E-state index is 12.9. The molecule has 1 atom stereocenters. The average molecular weight is 344 g/mol. The van der Waals surface area contributed by atoms with E-state index in [1.54, 1.807) is 36.1 Å². The molecule has 2 aromatic rings. The Bertz CT molecular complexity index is 860. The molecule has 0 radical (unpaired) electrons. The van der Waals surface area contributed by atoms with Gasteiger partial charge in [-0.05, 0) is 56.2 Å². The molecule has 1 aliphatic rings. The van der Waals surface area contributed by atoms with E-state index in [0.29, 0.717) is 11.3 Å². The monoisotopic (exact) mass is 344 g/mol. The molecular formula is C18H20N2O3S. The fourth-order valence-electron chi connectivity index (χ4n) is 2.95. The van der Waals surface area contributed by atoms with Crippen molar-refractivity contribution in [1.82, 2.24) is 0 Å². The molecule has 1 aliphatic heterocycles. The number of benzene rings is 2. The van der Waals surface area contributed by atoms with E-state index in [4.69, 9.17) is 0 Å². The van der Waals surface area contributed by atoms with E-state index in [1.807, 2.05) is 31.2 Å². The molecule has 6 heteroatoms. The number of rotatable bonds is 4. The van der Waals surface area contributed by atoms with Gasteiger partial charge in [0, 0.05) is 23.0 Å². The Hall–Kier alpha value is -2.34. The van der Waals surface area contributed by atoms with Crippen LogP contribution in [-0.2, 0) is 16.4 Å². The van der Waals surface area contributed by atoms with Crippen molar-refractivity contribution < 1.29 is 13.2 Å². The van der Waals surface area contributed by atoms with E-state index >= 15 is 0 Å². The first kappa shape index (κ1) is 16.5. The first-order valence-electron chi connectivity index (χ1n) is 7.93. The molecule has 0 aliphatic carbocycles. The van der Waals surface area contributed by atoms with Gasteiger partial charge in [0.1, 0.15) is 0 Å². The molecule has 0 saturated heterocycles. The van der Waals surface area contributed by atoms with Crippen molar-refractivity contribution in [2.24, 2.45) is 0 Å². The van der Waals surface area contributed by atoms with Gasteiger partial charge in [-0.2, -0.15) is 0 Å². The van der Waals surface area contributed by atoms with Crippen molar-refractivity contribution in [2.45, 2.75) is 26.3 Å². The number of anilines is 2. The number of carbonyl (C=O) groups is 1. The first-order chi connectivity index (χ1) is 11.4. The molecule has 24 heavy (non-hydrogen) atoms. The lowest BCUT2D eigenvalue weighted by molar-refractivity contribution is 0.0981. The van der Waals surface area contributed by atoms with E-state index in [1.165, 1.54) is 5.56 Å². The minimum absolute atomic E-state index is 0.00968. The Morgan fingerprint density at radius 1 is 1.17 bits per heavy atom. The molecule has 2 aromatic carbocycles. The van der Waals surface area contributed by atoms with E-state index in [2.05, 4.69) is 4.72 Å². The van der Waals surface area contributed by atoms with E-state index in [-0.39, 0.29) is 17.7 Å². The molecule has 1 unspecified atom stereocenters. The molecule has 0 spiro atoms. The number of hydrogen-bond donors (Lipinski definition) is 1. The molecule has 5 nitrogen and oxygen atoms in total. The van der Waals surface area contributed by atoms with Crippen LogP contribution in [0.1, 0.15) is 29.8 Å². The Kier molecular flexibility index (Phi) is 4.32. The van der Waals surface area contributed by atoms with Crippen LogP contribution in [0.25, 0.3) is 0 Å². The van der Waals surface area contributed by atoms with Crippen LogP contribution < -0.4 is 9.62 Å². The largest absolute Gasteiger partial charge is 0.305 e. The van der Waals surface area contributed by atoms with Crippen molar-refractivity contribution in [1.29, 1.82) is 0 Å². The van der Waals surface area contributed by atoms with Gasteiger partial charge < -0.3 is 4.90 Å². The summed E-state index contributed by atoms with van der Waals surface area (Å²) in [6.45, 7) is 3.61. The van der Waals surface area contributed by atoms with E-state index in [0.717, 1.165) is 12.1 Å². The van der Waals surface area contributed by atoms with Crippen molar-refractivity contribution in [3.05, 3.63) is 59.7 Å². The summed E-state index contributed by atoms with van der Waals surface area (Å²) < 4.78 is 25.7. The van der Waals surface area contributed by atoms with E-state index in [9.17, 15) is 13.2 Å². The summed E-state index contributed by atoms with van der Waals surface area (Å²) in [6, 6.07) is 14.6. The fraction of sp³-hybridized carbons (Fsp3) is 0.278. The Labute approximate surface area is 142 Å². The van der Waals surface area contributed by atoms with Crippen molar-refractivity contribution in [3.8, 4) is 0 Å². The molecule has 0 bridgehead atoms. The summed E-state index contributed by atoms with van der Waals surface area (Å²) >= 11 is 0. The minimum atomic E-state index is -3.32. The molecule has 126 valence electrons. The highest BCUT2D eigenvalue weighted by Gasteiger charge is 2.31. The van der Waals surface area contributed by atoms with Gasteiger partial charge in [0.25, 0.3) is 5.91 Å². The lowest BCUT2D eigenvalue weighted by Gasteiger charge is -2.23. The predicted octanol–water partition coefficient (Wildman–Crippen LogP) is 3.04. The van der Waals surface area contributed by atoms with Gasteiger partial charge in [0.05, 0.1) is 5.75 Å². The Balaban J connectivity index is 1.84. The zero-order valence-corrected chi connectivity index (χ0v) is 14.5. The average Bonchev–Trinajstić information content (AvgIpc) is 2.90. The molecular weight excluding hydrogens is 324 g/mol. The summed E-state index contributed by atoms with van der Waals surface area (Å²) in [5, 5.41) is 0. The maximum Gasteiger partial charge on any atom is 0.258 e. The van der Waals surface area contributed by atoms with E-state index < -0.39 is 10.0 Å². The van der Waals surface area contributed by atoms with Gasteiger partial charge in [-0.25, -0.2) is 8.42 Å². The van der Waals surface area contributed by atoms with Gasteiger partial charge in [0.2, 0.25) is 10.0 Å². The van der Waals surface area contributed by atoms with Crippen LogP contribution in [0.5, 0.6) is 0 Å². The summed E-state index contributed by atoms with van der Waals surface area (Å²) in [5.41, 5.74) is 3.12. The van der Waals surface area contributed by atoms with Crippen LogP contribution in [0, 0.1) is 0 Å². The zero-order chi connectivity index (χ0) is 17.3. The number of para-hydroxylation sites is 1. The lowest BCUT2D eigenvalue weighted by Crippen LogP contribution is -2.35. The summed E-state index contributed by atoms with van der Waals surface area (Å²) in [7, 11) is -3.32. The number of sulfonamides is 1. The second kappa shape index (κ2) is 6.28. The van der Waals surface area contributed by atoms with Gasteiger partial charge in [-0.15, -0.1) is 0 Å². The zero-order valence-electron chi connectivity index (χ0n) is 13.7. The van der Waals surface area contributed by atoms with Crippen molar-refractivity contribution in [2.75, 3.05) is 15.4 Å². The van der Waals surface area contributed by atoms with Crippen LogP contribution in [0.3, 0.4) is 0 Å². The topological polar surface area (TPSA) is 66.5 Å². The number of hydrogen-bond acceptors (Lipinski definition) is 3. The highest BCUT2D eigenvalue weighted by atomic mass is 32.2. The quantitative estimate of drug-likeness (QED) is 0.927. The summed E-state index contributed by atoms with van der Waals surface area (Å²) in [4.78, 5) is 14.7. The SMILES string of the molecule is CCS(=O)(=O)Nc1ccc(C(=O)N2c3ccccc3CC2C)cc1. The molecule has 1 heterocycles. The van der Waals surface area contributed by atoms with Crippen LogP contribution in [0.15, 0.2) is 48.5 Å². The Morgan fingerprint density at radius 2 is 1.83 bits per heavy atom. The highest BCUT2D eigenvalue weighted by molar-refractivity contribution is 7.92. The molecule has 0 saturated carbocycles. The highest BCUT2D eigenvalue weighted by Crippen LogP contribution is 2.33. The number of amides is 1. The van der Waals surface area contributed by atoms with Crippen molar-refractivity contribution in [3.63, 3.8) is 0 Å². The smallest absolute Gasteiger partial charge is 0.258 e. The normalized spacial score (nSPS) is 16.8. The first-order valence-corrected chi connectivity index (χ1v) is 9.58. The number of carbonyl (C=O) groups excluding carboxylic acids is 1. The van der Waals surface area contributed by atoms with Gasteiger partial charge in [-0.1, -0.05) is 18.2 Å². The summed E-state index contributed by atoms with van der Waals surface area (Å²) in [5.74, 6) is -0.0622. The fourth-order valence-corrected chi connectivity index (χ4v) is 3.59. The second-order valence-electron chi connectivity index (χ2n) is 5.94. The molecule has 0 aromatic heterocycles. The van der Waals surface area contributed by atoms with Gasteiger partial charge >= 0.3 is 0 Å². The molecule has 1 amide bonds. The lowest BCUT2D eigenvalue weighted by atomic mass is 10.1. The third kappa shape index (κ3) is 3.14. The predicted molar refractivity (Wildman–Crippen MR) is 95.9 cm³/mol.